The fourth-order valence-electron chi connectivity index (χ4n) is 11.5. The Kier molecular flexibility index (Phi) is 10.2. The molecule has 3 heterocycles. The molecule has 12 rings (SSSR count). The summed E-state index contributed by atoms with van der Waals surface area (Å²) in [6, 6.07) is 55.7. The third-order valence-corrected chi connectivity index (χ3v) is 15.6. The summed E-state index contributed by atoms with van der Waals surface area (Å²) in [5, 5.41) is 1.09. The second-order valence-corrected chi connectivity index (χ2v) is 23.2. The highest BCUT2D eigenvalue weighted by Gasteiger charge is 2.38. The zero-order valence-corrected chi connectivity index (χ0v) is 44.6. The normalized spacial score (nSPS) is 16.2. The van der Waals surface area contributed by atoms with Crippen molar-refractivity contribution in [2.45, 2.75) is 97.8 Å². The minimum Gasteiger partial charge on any atom is -0.457 e. The third kappa shape index (κ3) is 8.86. The van der Waals surface area contributed by atoms with Gasteiger partial charge < -0.3 is 14.5 Å². The second-order valence-electron chi connectivity index (χ2n) is 23.2. The Balaban J connectivity index is 1.01. The average molecular weight is 987 g/mol. The summed E-state index contributed by atoms with van der Waals surface area (Å²) < 4.78 is 63.6. The Hall–Kier alpha value is -7.89. The summed E-state index contributed by atoms with van der Waals surface area (Å²) in [6.07, 6.45) is 2.28. The van der Waals surface area contributed by atoms with Gasteiger partial charge >= 0.3 is 0 Å². The lowest BCUT2D eigenvalue weighted by atomic mass is 9.63. The van der Waals surface area contributed by atoms with Crippen molar-refractivity contribution < 1.29 is 13.0 Å². The molecule has 0 saturated carbocycles. The Morgan fingerprint density at radius 1 is 0.600 bits per heavy atom. The summed E-state index contributed by atoms with van der Waals surface area (Å²) in [6.45, 7) is 20.2. The highest BCUT2D eigenvalue weighted by Crippen LogP contribution is 2.53. The van der Waals surface area contributed by atoms with Gasteiger partial charge in [-0.2, -0.15) is 0 Å². The summed E-state index contributed by atoms with van der Waals surface area (Å²) in [4.78, 5) is 9.51. The first-order valence-corrected chi connectivity index (χ1v) is 26.4. The second kappa shape index (κ2) is 18.5. The van der Waals surface area contributed by atoms with Gasteiger partial charge in [-0.15, -0.1) is 0 Å². The van der Waals surface area contributed by atoms with Crippen LogP contribution in [0.25, 0.3) is 61.0 Å². The molecule has 1 aliphatic carbocycles. The number of nitrogens with zero attached hydrogens (tertiary/aromatic N) is 4. The van der Waals surface area contributed by atoms with Crippen molar-refractivity contribution >= 4 is 44.6 Å². The number of benzene rings is 8. The molecule has 0 saturated heterocycles. The average Bonchev–Trinajstić information content (AvgIpc) is 4.21. The van der Waals surface area contributed by atoms with Gasteiger partial charge in [0.15, 0.2) is 0 Å². The molecule has 0 amide bonds. The van der Waals surface area contributed by atoms with Crippen molar-refractivity contribution in [2.24, 2.45) is 5.92 Å². The maximum absolute atomic E-state index is 9.70. The molecular weight excluding hydrogens is 913 g/mol. The fraction of sp³-hybridized carbons (Fsp3) is 0.243. The standard InChI is InChI=1S/C70H68N4O/c1-46(2)37-47-38-58(50-22-17-21-49(40-50)48-19-11-10-12-20-48)67(59(39-47)51-29-32-60-61(41-51)70(8,9)35-34-69(60,6)7)73-45-72(63-27-15-16-28-64(63)73)53-23-18-24-54(43-53)75-55-30-31-57-56-25-13-14-26-62(56)74(65(57)44-55)66-42-52(33-36-71-66)68(3,4)5/h10-33,36,38-44,46H,34-35,37,45H2,1-9H3/i13D,14D,25D,26D,37D2. The van der Waals surface area contributed by atoms with E-state index in [1.54, 1.807) is 6.20 Å². The molecule has 374 valence electrons. The van der Waals surface area contributed by atoms with E-state index in [1.165, 1.54) is 11.1 Å². The van der Waals surface area contributed by atoms with Crippen LogP contribution in [-0.2, 0) is 22.6 Å². The fourth-order valence-corrected chi connectivity index (χ4v) is 11.5. The monoisotopic (exact) mass is 987 g/mol. The van der Waals surface area contributed by atoms with Crippen molar-refractivity contribution in [2.75, 3.05) is 16.5 Å². The molecule has 8 aromatic carbocycles. The maximum atomic E-state index is 9.70. The third-order valence-electron chi connectivity index (χ3n) is 15.6. The molecule has 1 aliphatic heterocycles. The smallest absolute Gasteiger partial charge is 0.137 e. The van der Waals surface area contributed by atoms with Crippen LogP contribution in [0.5, 0.6) is 11.5 Å². The van der Waals surface area contributed by atoms with E-state index in [0.717, 1.165) is 74.5 Å². The van der Waals surface area contributed by atoms with Crippen molar-refractivity contribution in [1.82, 2.24) is 9.55 Å². The quantitative estimate of drug-likeness (QED) is 0.137. The molecule has 0 atom stereocenters. The Morgan fingerprint density at radius 2 is 1.27 bits per heavy atom. The van der Waals surface area contributed by atoms with E-state index in [4.69, 9.17) is 15.2 Å². The van der Waals surface area contributed by atoms with Crippen LogP contribution in [-0.4, -0.2) is 16.2 Å². The summed E-state index contributed by atoms with van der Waals surface area (Å²) in [5.74, 6) is 1.38. The summed E-state index contributed by atoms with van der Waals surface area (Å²) in [5.41, 5.74) is 15.2. The van der Waals surface area contributed by atoms with E-state index in [2.05, 4.69) is 174 Å². The molecular formula is C70H68N4O. The van der Waals surface area contributed by atoms with E-state index >= 15 is 0 Å². The molecule has 10 aromatic rings. The first kappa shape index (κ1) is 41.5. The van der Waals surface area contributed by atoms with E-state index in [9.17, 15) is 2.74 Å². The minimum absolute atomic E-state index is 0.0141. The first-order valence-electron chi connectivity index (χ1n) is 29.4. The topological polar surface area (TPSA) is 33.5 Å². The lowest BCUT2D eigenvalue weighted by molar-refractivity contribution is 0.332. The largest absolute Gasteiger partial charge is 0.457 e. The molecule has 0 radical (unpaired) electrons. The number of ether oxygens (including phenoxy) is 1. The molecule has 5 nitrogen and oxygen atoms in total. The molecule has 2 aromatic heterocycles. The lowest BCUT2D eigenvalue weighted by Gasteiger charge is -2.42. The zero-order chi connectivity index (χ0) is 57.1. The molecule has 0 fully saturated rings. The molecule has 0 unspecified atom stereocenters. The number of hydrogen-bond donors (Lipinski definition) is 0. The van der Waals surface area contributed by atoms with E-state index in [-0.39, 0.29) is 46.3 Å². The van der Waals surface area contributed by atoms with Crippen LogP contribution >= 0.6 is 0 Å². The van der Waals surface area contributed by atoms with Crippen LogP contribution < -0.4 is 14.5 Å². The van der Waals surface area contributed by atoms with Gasteiger partial charge in [-0.1, -0.05) is 165 Å². The number of para-hydroxylation sites is 3. The van der Waals surface area contributed by atoms with E-state index < -0.39 is 6.37 Å². The van der Waals surface area contributed by atoms with Crippen LogP contribution in [0, 0.1) is 5.92 Å². The molecule has 0 bridgehead atoms. The SMILES string of the molecule is [2H]c1c([2H])c([2H])c2c(c1[2H])c1ccc(Oc3cccc(N4CN(c5c(-c6cccc(-c7ccccc7)c6)cc(C([2H])([2H])C(C)C)cc5-c5ccc6c(c5)C(C)(C)CCC6(C)C)c5ccccc54)c3)cc1n2-c1cc(C(C)(C)C)ccn1. The highest BCUT2D eigenvalue weighted by atomic mass is 16.5. The van der Waals surface area contributed by atoms with Gasteiger partial charge in [-0.25, -0.2) is 4.98 Å². The summed E-state index contributed by atoms with van der Waals surface area (Å²) in [7, 11) is 0. The molecule has 2 aliphatic rings. The number of hydrogen-bond acceptors (Lipinski definition) is 4. The predicted octanol–water partition coefficient (Wildman–Crippen LogP) is 19.1. The van der Waals surface area contributed by atoms with Gasteiger partial charge in [0, 0.05) is 48.7 Å². The van der Waals surface area contributed by atoms with Gasteiger partial charge in [0.2, 0.25) is 0 Å². The van der Waals surface area contributed by atoms with E-state index in [1.807, 2.05) is 66.9 Å². The number of anilines is 4. The predicted molar refractivity (Wildman–Crippen MR) is 316 cm³/mol. The zero-order valence-electron chi connectivity index (χ0n) is 50.6. The Morgan fingerprint density at radius 3 is 2.03 bits per heavy atom. The number of pyridine rings is 1. The van der Waals surface area contributed by atoms with Gasteiger partial charge in [-0.3, -0.25) is 4.57 Å². The van der Waals surface area contributed by atoms with Crippen LogP contribution in [0.2, 0.25) is 0 Å². The van der Waals surface area contributed by atoms with Crippen LogP contribution in [0.3, 0.4) is 0 Å². The van der Waals surface area contributed by atoms with Gasteiger partial charge in [0.25, 0.3) is 0 Å². The van der Waals surface area contributed by atoms with Gasteiger partial charge in [-0.05, 0) is 159 Å². The number of fused-ring (bicyclic) bond motifs is 5. The Labute approximate surface area is 452 Å². The molecule has 5 heteroatoms. The molecule has 75 heavy (non-hydrogen) atoms. The maximum Gasteiger partial charge on any atom is 0.137 e. The lowest BCUT2D eigenvalue weighted by Crippen LogP contribution is -2.33. The highest BCUT2D eigenvalue weighted by molar-refractivity contribution is 6.09. The summed E-state index contributed by atoms with van der Waals surface area (Å²) >= 11 is 0. The number of aromatic nitrogens is 2. The Bertz CT molecular complexity index is 4140. The van der Waals surface area contributed by atoms with Gasteiger partial charge in [0.05, 0.1) is 33.6 Å². The number of rotatable bonds is 10. The van der Waals surface area contributed by atoms with Crippen molar-refractivity contribution in [3.05, 3.63) is 216 Å². The van der Waals surface area contributed by atoms with Crippen molar-refractivity contribution in [3.63, 3.8) is 0 Å². The van der Waals surface area contributed by atoms with E-state index in [0.29, 0.717) is 51.4 Å². The van der Waals surface area contributed by atoms with Crippen molar-refractivity contribution in [3.8, 4) is 50.7 Å². The minimum atomic E-state index is -1.65. The molecule has 0 N–H and O–H groups in total. The first-order chi connectivity index (χ1) is 38.5. The van der Waals surface area contributed by atoms with Crippen molar-refractivity contribution in [1.29, 1.82) is 0 Å². The van der Waals surface area contributed by atoms with Crippen LogP contribution in [0.15, 0.2) is 194 Å². The van der Waals surface area contributed by atoms with Crippen LogP contribution in [0.1, 0.15) is 106 Å². The van der Waals surface area contributed by atoms with Gasteiger partial charge in [0.1, 0.15) is 24.0 Å². The molecule has 0 spiro atoms. The van der Waals surface area contributed by atoms with Crippen LogP contribution in [0.4, 0.5) is 22.7 Å².